The van der Waals surface area contributed by atoms with E-state index in [1.807, 2.05) is 36.4 Å². The Morgan fingerprint density at radius 1 is 0.909 bits per heavy atom. The Morgan fingerprint density at radius 2 is 1.67 bits per heavy atom. The lowest BCUT2D eigenvalue weighted by molar-refractivity contribution is -0.136. The van der Waals surface area contributed by atoms with Gasteiger partial charge in [-0.05, 0) is 49.6 Å². The van der Waals surface area contributed by atoms with Crippen molar-refractivity contribution in [1.82, 2.24) is 40.3 Å². The van der Waals surface area contributed by atoms with Crippen LogP contribution in [0, 0.1) is 23.6 Å². The van der Waals surface area contributed by atoms with Gasteiger partial charge in [-0.15, -0.1) is 6.42 Å². The molecule has 3 atom stereocenters. The van der Waals surface area contributed by atoms with Crippen LogP contribution in [0.25, 0.3) is 32.9 Å². The molecule has 2 aromatic heterocycles. The summed E-state index contributed by atoms with van der Waals surface area (Å²) in [5, 5.41) is 8.04. The number of aromatic nitrogens is 3. The molecule has 3 unspecified atom stereocenters. The number of benzene rings is 3. The van der Waals surface area contributed by atoms with Crippen LogP contribution in [0.5, 0.6) is 11.8 Å². The Labute approximate surface area is 378 Å². The van der Waals surface area contributed by atoms with Crippen LogP contribution in [0.2, 0.25) is 0 Å². The Bertz CT molecular complexity index is 2910. The largest absolute Gasteiger partial charge is 0.463 e. The third-order valence-electron chi connectivity index (χ3n) is 14.2. The molecule has 3 aromatic carbocycles. The van der Waals surface area contributed by atoms with E-state index in [0.29, 0.717) is 66.2 Å². The van der Waals surface area contributed by atoms with Gasteiger partial charge in [0, 0.05) is 105 Å². The van der Waals surface area contributed by atoms with Crippen molar-refractivity contribution in [3.8, 4) is 35.4 Å². The predicted octanol–water partition coefficient (Wildman–Crippen LogP) is 3.82. The van der Waals surface area contributed by atoms with Crippen molar-refractivity contribution < 1.29 is 37.8 Å². The second-order valence-electron chi connectivity index (χ2n) is 18.4. The van der Waals surface area contributed by atoms with Gasteiger partial charge >= 0.3 is 6.01 Å². The number of anilines is 1. The van der Waals surface area contributed by atoms with E-state index in [-0.39, 0.29) is 58.8 Å². The maximum atomic E-state index is 17.1. The molecular formula is C49H46FN9O7. The number of ether oxygens (including phenoxy) is 2. The number of halogens is 1. The van der Waals surface area contributed by atoms with Crippen LogP contribution in [0.4, 0.5) is 10.2 Å². The SMILES string of the molecule is C#Cc1cccc2cccc(-c3ncc4c(N5CC6CCC(C5)N6)nc(OCC5(CN6CCN(Cc7ccc8c(c7OC=O)C(=O)N(C7CCC(=O)NC7=O)C8=O)CC6)CC5)nc4c3F)c12. The van der Waals surface area contributed by atoms with Gasteiger partial charge in [-0.2, -0.15) is 9.97 Å². The highest BCUT2D eigenvalue weighted by Crippen LogP contribution is 2.47. The summed E-state index contributed by atoms with van der Waals surface area (Å²) in [5.41, 5.74) is 1.96. The smallest absolute Gasteiger partial charge is 0.319 e. The van der Waals surface area contributed by atoms with Crippen molar-refractivity contribution in [3.63, 3.8) is 0 Å². The lowest BCUT2D eigenvalue weighted by Crippen LogP contribution is -2.54. The minimum Gasteiger partial charge on any atom is -0.463 e. The van der Waals surface area contributed by atoms with Gasteiger partial charge in [0.05, 0.1) is 23.1 Å². The van der Waals surface area contributed by atoms with E-state index >= 15 is 4.39 Å². The summed E-state index contributed by atoms with van der Waals surface area (Å²) >= 11 is 0. The molecule has 1 aliphatic carbocycles. The summed E-state index contributed by atoms with van der Waals surface area (Å²) in [6, 6.07) is 14.2. The van der Waals surface area contributed by atoms with E-state index in [1.165, 1.54) is 6.07 Å². The zero-order chi connectivity index (χ0) is 45.3. The van der Waals surface area contributed by atoms with Gasteiger partial charge in [0.25, 0.3) is 18.3 Å². The normalized spacial score (nSPS) is 22.7. The van der Waals surface area contributed by atoms with Crippen LogP contribution >= 0.6 is 0 Å². The molecule has 0 spiro atoms. The fourth-order valence-corrected chi connectivity index (χ4v) is 10.6. The maximum absolute atomic E-state index is 17.1. The van der Waals surface area contributed by atoms with Gasteiger partial charge < -0.3 is 24.6 Å². The lowest BCUT2D eigenvalue weighted by atomic mass is 9.97. The van der Waals surface area contributed by atoms with E-state index < -0.39 is 35.5 Å². The minimum absolute atomic E-state index is 0.00510. The zero-order valence-corrected chi connectivity index (χ0v) is 36.1. The third kappa shape index (κ3) is 7.38. The molecule has 1 saturated carbocycles. The Hall–Kier alpha value is -6.87. The number of hydrogen-bond donors (Lipinski definition) is 2. The van der Waals surface area contributed by atoms with E-state index in [1.54, 1.807) is 12.3 Å². The van der Waals surface area contributed by atoms with Gasteiger partial charge in [0.15, 0.2) is 5.82 Å². The van der Waals surface area contributed by atoms with Crippen LogP contribution < -0.4 is 25.0 Å². The first kappa shape index (κ1) is 41.8. The van der Waals surface area contributed by atoms with Crippen LogP contribution in [0.3, 0.4) is 0 Å². The number of amides is 4. The molecule has 336 valence electrons. The summed E-state index contributed by atoms with van der Waals surface area (Å²) in [4.78, 5) is 85.2. The average molecular weight is 892 g/mol. The highest BCUT2D eigenvalue weighted by atomic mass is 19.1. The van der Waals surface area contributed by atoms with Crippen LogP contribution in [-0.2, 0) is 20.9 Å². The fourth-order valence-electron chi connectivity index (χ4n) is 10.6. The first-order chi connectivity index (χ1) is 32.1. The van der Waals surface area contributed by atoms with Crippen molar-refractivity contribution >= 4 is 57.6 Å². The molecule has 4 saturated heterocycles. The summed E-state index contributed by atoms with van der Waals surface area (Å²) < 4.78 is 28.9. The monoisotopic (exact) mass is 891 g/mol. The van der Waals surface area contributed by atoms with E-state index in [9.17, 15) is 24.0 Å². The molecule has 2 bridgehead atoms. The molecule has 11 rings (SSSR count). The van der Waals surface area contributed by atoms with Gasteiger partial charge in [0.1, 0.15) is 28.8 Å². The molecule has 16 nitrogen and oxygen atoms in total. The summed E-state index contributed by atoms with van der Waals surface area (Å²) in [5.74, 6) is 0.205. The molecule has 66 heavy (non-hydrogen) atoms. The van der Waals surface area contributed by atoms with Gasteiger partial charge in [-0.25, -0.2) is 4.39 Å². The topological polar surface area (TPSA) is 180 Å². The van der Waals surface area contributed by atoms with Gasteiger partial charge in [-0.1, -0.05) is 42.3 Å². The molecule has 5 fully saturated rings. The second kappa shape index (κ2) is 16.5. The number of pyridine rings is 1. The summed E-state index contributed by atoms with van der Waals surface area (Å²) in [6.07, 6.45) is 11.6. The lowest BCUT2D eigenvalue weighted by Gasteiger charge is -2.36. The zero-order valence-electron chi connectivity index (χ0n) is 36.1. The maximum Gasteiger partial charge on any atom is 0.319 e. The summed E-state index contributed by atoms with van der Waals surface area (Å²) in [7, 11) is 0. The van der Waals surface area contributed by atoms with Crippen LogP contribution in [0.15, 0.2) is 54.7 Å². The molecule has 7 heterocycles. The number of piperidine rings is 1. The predicted molar refractivity (Wildman–Crippen MR) is 239 cm³/mol. The number of carbonyl (C=O) groups is 5. The van der Waals surface area contributed by atoms with Crippen LogP contribution in [0.1, 0.15) is 70.4 Å². The van der Waals surface area contributed by atoms with Crippen molar-refractivity contribution in [3.05, 3.63) is 82.8 Å². The fraction of sp³-hybridized carbons (Fsp3) is 0.388. The van der Waals surface area contributed by atoms with Crippen molar-refractivity contribution in [2.45, 2.75) is 63.2 Å². The number of nitrogens with one attached hydrogen (secondary N) is 2. The highest BCUT2D eigenvalue weighted by molar-refractivity contribution is 6.24. The molecule has 0 radical (unpaired) electrons. The number of carbonyl (C=O) groups excluding carboxylic acids is 5. The van der Waals surface area contributed by atoms with E-state index in [2.05, 4.69) is 31.3 Å². The van der Waals surface area contributed by atoms with Gasteiger partial charge in [-0.3, -0.25) is 44.1 Å². The minimum atomic E-state index is -1.14. The van der Waals surface area contributed by atoms with Crippen molar-refractivity contribution in [1.29, 1.82) is 0 Å². The number of piperazine rings is 2. The molecule has 6 aliphatic rings. The molecule has 17 heteroatoms. The molecular weight excluding hydrogens is 846 g/mol. The van der Waals surface area contributed by atoms with Crippen LogP contribution in [-0.4, -0.2) is 130 Å². The molecule has 2 N–H and O–H groups in total. The Balaban J connectivity index is 0.794. The van der Waals surface area contributed by atoms with Gasteiger partial charge in [0.2, 0.25) is 11.8 Å². The number of imide groups is 2. The number of terminal acetylenes is 1. The first-order valence-electron chi connectivity index (χ1n) is 22.5. The van der Waals surface area contributed by atoms with E-state index in [4.69, 9.17) is 30.8 Å². The number of nitrogens with zero attached hydrogens (tertiary/aromatic N) is 7. The Morgan fingerprint density at radius 3 is 2.39 bits per heavy atom. The quantitative estimate of drug-likeness (QED) is 0.105. The average Bonchev–Trinajstić information content (AvgIpc) is 3.94. The van der Waals surface area contributed by atoms with Crippen molar-refractivity contribution in [2.24, 2.45) is 5.41 Å². The first-order valence-corrected chi connectivity index (χ1v) is 22.5. The number of rotatable bonds is 12. The standard InChI is InChI=1S/C49H46FN9O7/c1-2-28-5-3-6-29-7-4-8-33(38(28)29)41-40(50)42-35(21-51-41)44(58-23-31-10-11-32(24-58)52-31)55-48(54-42)65-26-49(15-16-49)25-57-19-17-56(18-20-57)22-30-9-12-34-39(43(30)66-27-60)47(64)59(46(34)63)36-13-14-37(61)53-45(36)62/h1,3-9,12,21,27,31-32,36,52H,10-11,13-20,22-26H2,(H,53,61,62). The van der Waals surface area contributed by atoms with Crippen molar-refractivity contribution in [2.75, 3.05) is 57.3 Å². The Kier molecular flexibility index (Phi) is 10.5. The molecule has 5 aromatic rings. The second-order valence-corrected chi connectivity index (χ2v) is 18.4. The third-order valence-corrected chi connectivity index (χ3v) is 14.2. The summed E-state index contributed by atoms with van der Waals surface area (Å²) in [6.45, 7) is 6.06. The number of hydrogen-bond acceptors (Lipinski definition) is 14. The molecule has 5 aliphatic heterocycles. The highest BCUT2D eigenvalue weighted by Gasteiger charge is 2.48. The number of fused-ring (bicyclic) bond motifs is 5. The molecule has 4 amide bonds. The van der Waals surface area contributed by atoms with E-state index in [0.717, 1.165) is 74.1 Å².